The van der Waals surface area contributed by atoms with E-state index in [1.54, 1.807) is 46.0 Å². The number of rotatable bonds is 0. The van der Waals surface area contributed by atoms with Gasteiger partial charge < -0.3 is 0 Å². The smallest absolute Gasteiger partial charge is 0.124 e. The minimum Gasteiger partial charge on any atom is -0.247 e. The van der Waals surface area contributed by atoms with Gasteiger partial charge in [-0.1, -0.05) is 0 Å². The molecule has 0 spiro atoms. The molecule has 0 aliphatic heterocycles. The molecule has 4 heavy (non-hydrogen) atoms. The van der Waals surface area contributed by atoms with Crippen LogP contribution in [-0.2, 0) is 27.2 Å². The Balaban J connectivity index is 0. The zero-order valence-corrected chi connectivity index (χ0v) is 9.57. The van der Waals surface area contributed by atoms with Crippen LogP contribution in [0.15, 0.2) is 0 Å². The Bertz CT molecular complexity index is 6.00. The molecule has 0 aromatic heterocycles. The van der Waals surface area contributed by atoms with Gasteiger partial charge in [0.25, 0.3) is 0 Å². The van der Waals surface area contributed by atoms with E-state index in [-0.39, 0.29) is 25.8 Å². The van der Waals surface area contributed by atoms with Crippen LogP contribution in [-0.4, -0.2) is 0 Å². The average Bonchev–Trinajstić information content (AvgIpc) is 0.918. The van der Waals surface area contributed by atoms with Gasteiger partial charge in [-0.15, -0.1) is 0 Å². The van der Waals surface area contributed by atoms with Crippen molar-refractivity contribution in [1.82, 2.24) is 0 Å². The Kier molecular flexibility index (Phi) is 21.5. The van der Waals surface area contributed by atoms with Crippen molar-refractivity contribution in [3.05, 3.63) is 0 Å². The summed E-state index contributed by atoms with van der Waals surface area (Å²) in [5.74, 6) is 0. The Hall–Kier alpha value is 2.29. The van der Waals surface area contributed by atoms with E-state index >= 15 is 0 Å². The second-order valence-corrected chi connectivity index (χ2v) is 2.62. The van der Waals surface area contributed by atoms with Crippen molar-refractivity contribution in [2.24, 2.45) is 0 Å². The molecule has 0 N–H and O–H groups in total. The molecule has 0 aromatic carbocycles. The summed E-state index contributed by atoms with van der Waals surface area (Å²) in [6.45, 7) is 0. The van der Waals surface area contributed by atoms with Gasteiger partial charge in [0.2, 0.25) is 0 Å². The van der Waals surface area contributed by atoms with Crippen LogP contribution in [0, 0.1) is 0 Å². The third-order valence-electron chi connectivity index (χ3n) is 0. The second-order valence-electron chi connectivity index (χ2n) is 0.0583. The van der Waals surface area contributed by atoms with Gasteiger partial charge in [0.05, 0.1) is 0 Å². The molecule has 0 heterocycles. The maximum atomic E-state index is 4.19. The Morgan fingerprint density at radius 1 is 1.25 bits per heavy atom. The molecule has 0 amide bonds. The monoisotopic (exact) mass is 450 g/mol. The molecule has 1 nitrogen and oxygen atoms in total. The standard InChI is InChI=1S/Hf.I2O/c;1-3-2. The van der Waals surface area contributed by atoms with E-state index in [2.05, 4.69) is 1.40 Å². The summed E-state index contributed by atoms with van der Waals surface area (Å²) in [7, 11) is 0. The van der Waals surface area contributed by atoms with Crippen LogP contribution in [0.5, 0.6) is 0 Å². The average molecular weight is 448 g/mol. The maximum Gasteiger partial charge on any atom is 0.124 e. The normalized spacial score (nSPS) is 4.50. The summed E-state index contributed by atoms with van der Waals surface area (Å²) in [6, 6.07) is 0. The molecular weight excluding hydrogens is 448 g/mol. The van der Waals surface area contributed by atoms with E-state index in [0.29, 0.717) is 0 Å². The van der Waals surface area contributed by atoms with Crippen LogP contribution in [0.25, 0.3) is 0 Å². The van der Waals surface area contributed by atoms with Gasteiger partial charge in [-0.25, -0.2) is 1.40 Å². The number of hydrogen-bond donors (Lipinski definition) is 0. The first kappa shape index (κ1) is 9.56. The summed E-state index contributed by atoms with van der Waals surface area (Å²) < 4.78 is 4.19. The van der Waals surface area contributed by atoms with Gasteiger partial charge in [-0.05, 0) is 0 Å². The van der Waals surface area contributed by atoms with Crippen molar-refractivity contribution in [3.63, 3.8) is 0 Å². The van der Waals surface area contributed by atoms with Crippen LogP contribution < -0.4 is 0 Å². The van der Waals surface area contributed by atoms with Crippen LogP contribution in [0.1, 0.15) is 0 Å². The van der Waals surface area contributed by atoms with E-state index < -0.39 is 0 Å². The molecule has 0 aliphatic carbocycles. The zero-order chi connectivity index (χ0) is 2.71. The molecule has 0 atom stereocenters. The quantitative estimate of drug-likeness (QED) is 0.405. The number of halogens is 2. The molecule has 0 bridgehead atoms. The van der Waals surface area contributed by atoms with Crippen molar-refractivity contribution in [3.8, 4) is 0 Å². The van der Waals surface area contributed by atoms with Crippen LogP contribution in [0.4, 0.5) is 0 Å². The van der Waals surface area contributed by atoms with Gasteiger partial charge in [-0.3, -0.25) is 0 Å². The van der Waals surface area contributed by atoms with E-state index in [1.165, 1.54) is 0 Å². The Morgan fingerprint density at radius 2 is 1.25 bits per heavy atom. The van der Waals surface area contributed by atoms with Crippen molar-refractivity contribution in [2.75, 3.05) is 0 Å². The number of hydrogen-bond acceptors (Lipinski definition) is 1. The Morgan fingerprint density at radius 3 is 1.25 bits per heavy atom. The first-order chi connectivity index (χ1) is 1.41. The molecule has 0 saturated heterocycles. The summed E-state index contributed by atoms with van der Waals surface area (Å²) in [5.41, 5.74) is 0. The van der Waals surface area contributed by atoms with Crippen LogP contribution >= 0.6 is 46.0 Å². The van der Waals surface area contributed by atoms with Gasteiger partial charge in [0.1, 0.15) is 46.0 Å². The van der Waals surface area contributed by atoms with E-state index in [0.717, 1.165) is 0 Å². The van der Waals surface area contributed by atoms with Crippen molar-refractivity contribution >= 4 is 46.0 Å². The molecule has 0 rings (SSSR count). The second kappa shape index (κ2) is 8.99. The van der Waals surface area contributed by atoms with E-state index in [1.807, 2.05) is 0 Å². The molecular formula is HfI2O. The SMILES string of the molecule is IOI.[Hf]. The minimum absolute atomic E-state index is 0. The third-order valence-corrected chi connectivity index (χ3v) is 0. The molecule has 0 fully saturated rings. The molecule has 0 unspecified atom stereocenters. The first-order valence-electron chi connectivity index (χ1n) is 0.309. The maximum absolute atomic E-state index is 4.19. The summed E-state index contributed by atoms with van der Waals surface area (Å²) in [4.78, 5) is 0. The molecule has 0 aromatic rings. The predicted molar refractivity (Wildman–Crippen MR) is 29.1 cm³/mol. The van der Waals surface area contributed by atoms with E-state index in [9.17, 15) is 0 Å². The fraction of sp³-hybridized carbons (Fsp3) is 0. The molecule has 24 valence electrons. The van der Waals surface area contributed by atoms with Crippen molar-refractivity contribution < 1.29 is 27.2 Å². The zero-order valence-electron chi connectivity index (χ0n) is 1.66. The van der Waals surface area contributed by atoms with Crippen LogP contribution in [0.3, 0.4) is 0 Å². The van der Waals surface area contributed by atoms with E-state index in [4.69, 9.17) is 0 Å². The van der Waals surface area contributed by atoms with Crippen molar-refractivity contribution in [1.29, 1.82) is 0 Å². The predicted octanol–water partition coefficient (Wildman–Crippen LogP) is 1.70. The molecule has 4 heteroatoms. The van der Waals surface area contributed by atoms with Crippen molar-refractivity contribution in [2.45, 2.75) is 0 Å². The topological polar surface area (TPSA) is 9.23 Å². The fourth-order valence-corrected chi connectivity index (χ4v) is 0. The summed E-state index contributed by atoms with van der Waals surface area (Å²) in [6.07, 6.45) is 0. The largest absolute Gasteiger partial charge is 0.247 e. The van der Waals surface area contributed by atoms with Gasteiger partial charge >= 0.3 is 0 Å². The van der Waals surface area contributed by atoms with Gasteiger partial charge in [0.15, 0.2) is 0 Å². The fourth-order valence-electron chi connectivity index (χ4n) is 0. The third kappa shape index (κ3) is 8.85. The van der Waals surface area contributed by atoms with Gasteiger partial charge in [-0.2, -0.15) is 0 Å². The molecule has 0 aliphatic rings. The molecule has 0 radical (unpaired) electrons. The summed E-state index contributed by atoms with van der Waals surface area (Å²) in [5, 5.41) is 0. The molecule has 0 saturated carbocycles. The Labute approximate surface area is 72.0 Å². The van der Waals surface area contributed by atoms with Crippen LogP contribution in [0.2, 0.25) is 0 Å². The summed E-state index contributed by atoms with van der Waals surface area (Å²) >= 11 is 3.55. The first-order valence-corrected chi connectivity index (χ1v) is 2.07. The minimum atomic E-state index is 0. The van der Waals surface area contributed by atoms with Gasteiger partial charge in [0, 0.05) is 25.8 Å².